The molecule has 73 valence electrons. The second-order valence-electron chi connectivity index (χ2n) is 3.55. The Bertz CT molecular complexity index is 238. The van der Waals surface area contributed by atoms with Crippen molar-refractivity contribution in [3.05, 3.63) is 0 Å². The summed E-state index contributed by atoms with van der Waals surface area (Å²) in [6.07, 6.45) is 0.834. The number of carbonyl (C=O) groups excluding carboxylic acids is 2. The molecule has 0 aromatic carbocycles. The number of hydrogen-bond donors (Lipinski definition) is 0. The summed E-state index contributed by atoms with van der Waals surface area (Å²) in [7, 11) is 3.39. The summed E-state index contributed by atoms with van der Waals surface area (Å²) in [6.45, 7) is 2.66. The van der Waals surface area contributed by atoms with Gasteiger partial charge in [-0.1, -0.05) is 0 Å². The van der Waals surface area contributed by atoms with Gasteiger partial charge in [0, 0.05) is 6.54 Å². The van der Waals surface area contributed by atoms with E-state index in [0.717, 1.165) is 6.42 Å². The normalized spacial score (nSPS) is 18.4. The van der Waals surface area contributed by atoms with Crippen LogP contribution in [-0.2, 0) is 4.79 Å². The van der Waals surface area contributed by atoms with Crippen molar-refractivity contribution in [1.29, 1.82) is 0 Å². The molecular formula is C8H15N3O2+. The second-order valence-corrected chi connectivity index (χ2v) is 3.55. The van der Waals surface area contributed by atoms with Gasteiger partial charge in [-0.25, -0.2) is 14.9 Å². The van der Waals surface area contributed by atoms with Crippen LogP contribution >= 0.6 is 0 Å². The highest BCUT2D eigenvalue weighted by Gasteiger charge is 2.37. The van der Waals surface area contributed by atoms with E-state index in [4.69, 9.17) is 0 Å². The summed E-state index contributed by atoms with van der Waals surface area (Å²) in [5, 5.41) is 5.26. The number of hydrogen-bond acceptors (Lipinski definition) is 2. The van der Waals surface area contributed by atoms with Gasteiger partial charge < -0.3 is 0 Å². The van der Waals surface area contributed by atoms with E-state index in [1.165, 1.54) is 11.9 Å². The molecule has 13 heavy (non-hydrogen) atoms. The van der Waals surface area contributed by atoms with Crippen molar-refractivity contribution in [3.8, 4) is 0 Å². The zero-order valence-corrected chi connectivity index (χ0v) is 8.28. The smallest absolute Gasteiger partial charge is 0.241 e. The lowest BCUT2D eigenvalue weighted by Gasteiger charge is -2.37. The van der Waals surface area contributed by atoms with Gasteiger partial charge in [0.2, 0.25) is 0 Å². The van der Waals surface area contributed by atoms with Crippen molar-refractivity contribution in [2.45, 2.75) is 13.3 Å². The summed E-state index contributed by atoms with van der Waals surface area (Å²) in [5.41, 5.74) is 0. The Hall–Kier alpha value is -1.10. The molecule has 3 amide bonds. The van der Waals surface area contributed by atoms with Crippen LogP contribution in [0.5, 0.6) is 0 Å². The van der Waals surface area contributed by atoms with Gasteiger partial charge in [-0.3, -0.25) is 0 Å². The van der Waals surface area contributed by atoms with Crippen molar-refractivity contribution in [2.75, 3.05) is 27.2 Å². The molecule has 0 aromatic heterocycles. The topological polar surface area (TPSA) is 51.5 Å². The van der Waals surface area contributed by atoms with Gasteiger partial charge in [0.25, 0.3) is 0 Å². The second kappa shape index (κ2) is 3.33. The van der Waals surface area contributed by atoms with Crippen LogP contribution in [0.15, 0.2) is 0 Å². The van der Waals surface area contributed by atoms with E-state index in [0.29, 0.717) is 13.1 Å². The first-order valence-electron chi connectivity index (χ1n) is 4.31. The standard InChI is InChI=1S/C8H15N3O2/c1-7(12)11(2,3)10-6-4-5-9-8(10)13/h4-6H2,1-3H3/q+1. The summed E-state index contributed by atoms with van der Waals surface area (Å²) in [6, 6.07) is -0.286. The third kappa shape index (κ3) is 1.80. The lowest BCUT2D eigenvalue weighted by atomic mass is 10.3. The van der Waals surface area contributed by atoms with Crippen molar-refractivity contribution in [1.82, 2.24) is 10.3 Å². The number of rotatable bonds is 1. The van der Waals surface area contributed by atoms with E-state index < -0.39 is 0 Å². The maximum atomic E-state index is 11.3. The Balaban J connectivity index is 2.79. The SMILES string of the molecule is CC(=O)[N+](C)(C)N1CCC[N]C1=O. The summed E-state index contributed by atoms with van der Waals surface area (Å²) in [5.74, 6) is -0.0644. The molecule has 1 aliphatic heterocycles. The van der Waals surface area contributed by atoms with Gasteiger partial charge in [0.1, 0.15) is 0 Å². The minimum atomic E-state index is -0.286. The summed E-state index contributed by atoms with van der Waals surface area (Å²) >= 11 is 0. The molecule has 0 aliphatic carbocycles. The Morgan fingerprint density at radius 3 is 2.62 bits per heavy atom. The molecule has 1 radical (unpaired) electrons. The van der Waals surface area contributed by atoms with Crippen molar-refractivity contribution >= 4 is 11.9 Å². The number of carbonyl (C=O) groups is 2. The predicted molar refractivity (Wildman–Crippen MR) is 46.5 cm³/mol. The molecule has 1 aliphatic rings. The minimum Gasteiger partial charge on any atom is -0.241 e. The van der Waals surface area contributed by atoms with Crippen LogP contribution in [0.1, 0.15) is 13.3 Å². The number of nitrogens with zero attached hydrogens (tertiary/aromatic N) is 3. The van der Waals surface area contributed by atoms with E-state index in [2.05, 4.69) is 5.32 Å². The zero-order chi connectivity index (χ0) is 10.1. The molecule has 0 saturated carbocycles. The highest BCUT2D eigenvalue weighted by Crippen LogP contribution is 2.11. The van der Waals surface area contributed by atoms with E-state index in [-0.39, 0.29) is 16.5 Å². The van der Waals surface area contributed by atoms with Crippen LogP contribution in [0.25, 0.3) is 0 Å². The molecule has 0 unspecified atom stereocenters. The van der Waals surface area contributed by atoms with E-state index in [1.807, 2.05) is 0 Å². The fourth-order valence-corrected chi connectivity index (χ4v) is 1.21. The first-order valence-corrected chi connectivity index (χ1v) is 4.31. The van der Waals surface area contributed by atoms with Gasteiger partial charge in [-0.2, -0.15) is 9.60 Å². The molecular weight excluding hydrogens is 170 g/mol. The largest absolute Gasteiger partial charge is 0.383 e. The van der Waals surface area contributed by atoms with E-state index in [9.17, 15) is 9.59 Å². The Morgan fingerprint density at radius 1 is 1.54 bits per heavy atom. The molecule has 0 spiro atoms. The molecule has 5 heteroatoms. The number of amides is 3. The lowest BCUT2D eigenvalue weighted by molar-refractivity contribution is -0.921. The van der Waals surface area contributed by atoms with Crippen molar-refractivity contribution in [3.63, 3.8) is 0 Å². The fourth-order valence-electron chi connectivity index (χ4n) is 1.21. The average Bonchev–Trinajstić information content (AvgIpc) is 2.04. The highest BCUT2D eigenvalue weighted by molar-refractivity contribution is 5.75. The lowest BCUT2D eigenvalue weighted by Crippen LogP contribution is -2.63. The minimum absolute atomic E-state index is 0.0394. The van der Waals surface area contributed by atoms with Crippen molar-refractivity contribution in [2.24, 2.45) is 0 Å². The molecule has 1 fully saturated rings. The zero-order valence-electron chi connectivity index (χ0n) is 8.28. The molecule has 1 saturated heterocycles. The molecule has 0 bridgehead atoms. The average molecular weight is 185 g/mol. The van der Waals surface area contributed by atoms with Crippen molar-refractivity contribution < 1.29 is 14.2 Å². The quantitative estimate of drug-likeness (QED) is 0.538. The first kappa shape index (κ1) is 9.98. The molecule has 0 atom stereocenters. The maximum Gasteiger partial charge on any atom is 0.383 e. The molecule has 5 nitrogen and oxygen atoms in total. The van der Waals surface area contributed by atoms with Gasteiger partial charge in [-0.15, -0.1) is 0 Å². The van der Waals surface area contributed by atoms with E-state index in [1.54, 1.807) is 14.1 Å². The third-order valence-electron chi connectivity index (χ3n) is 2.37. The first-order chi connectivity index (χ1) is 5.96. The Labute approximate surface area is 77.9 Å². The summed E-state index contributed by atoms with van der Waals surface area (Å²) in [4.78, 5) is 22.6. The maximum absolute atomic E-state index is 11.3. The summed E-state index contributed by atoms with van der Waals surface area (Å²) < 4.78 is -0.0394. The highest BCUT2D eigenvalue weighted by atomic mass is 16.2. The number of quaternary nitrogens is 1. The van der Waals surface area contributed by atoms with Crippen LogP contribution in [0, 0.1) is 0 Å². The van der Waals surface area contributed by atoms with Crippen LogP contribution < -0.4 is 5.32 Å². The van der Waals surface area contributed by atoms with E-state index >= 15 is 0 Å². The molecule has 1 heterocycles. The van der Waals surface area contributed by atoms with Gasteiger partial charge in [0.15, 0.2) is 0 Å². The van der Waals surface area contributed by atoms with Crippen LogP contribution in [-0.4, -0.2) is 48.7 Å². The molecule has 0 N–H and O–H groups in total. The predicted octanol–water partition coefficient (Wildman–Crippen LogP) is -0.0456. The number of urea groups is 1. The monoisotopic (exact) mass is 185 g/mol. The van der Waals surface area contributed by atoms with Gasteiger partial charge >= 0.3 is 11.9 Å². The van der Waals surface area contributed by atoms with Crippen LogP contribution in [0.4, 0.5) is 4.79 Å². The van der Waals surface area contributed by atoms with Gasteiger partial charge in [-0.05, 0) is 6.42 Å². The fraction of sp³-hybridized carbons (Fsp3) is 0.750. The van der Waals surface area contributed by atoms with Gasteiger partial charge in [0.05, 0.1) is 27.6 Å². The van der Waals surface area contributed by atoms with Crippen LogP contribution in [0.3, 0.4) is 0 Å². The Morgan fingerprint density at radius 2 is 2.15 bits per heavy atom. The third-order valence-corrected chi connectivity index (χ3v) is 2.37. The molecule has 1 rings (SSSR count). The Kier molecular flexibility index (Phi) is 2.56. The molecule has 0 aromatic rings. The van der Waals surface area contributed by atoms with Crippen LogP contribution in [0.2, 0.25) is 0 Å².